The number of urea groups is 1. The highest BCUT2D eigenvalue weighted by Gasteiger charge is 2.11. The molecule has 0 spiro atoms. The zero-order valence-corrected chi connectivity index (χ0v) is 11.9. The largest absolute Gasteiger partial charge is 0.351 e. The van der Waals surface area contributed by atoms with E-state index in [-0.39, 0.29) is 23.2 Å². The molecule has 8 heteroatoms. The predicted octanol–water partition coefficient (Wildman–Crippen LogP) is 2.15. The Bertz CT molecular complexity index is 538. The fourth-order valence-corrected chi connectivity index (χ4v) is 1.54. The number of rotatable bonds is 5. The minimum Gasteiger partial charge on any atom is -0.351 e. The van der Waals surface area contributed by atoms with Crippen molar-refractivity contribution in [2.24, 2.45) is 0 Å². The summed E-state index contributed by atoms with van der Waals surface area (Å²) in [6, 6.07) is 0.939. The summed E-state index contributed by atoms with van der Waals surface area (Å²) in [7, 11) is 0. The number of amides is 3. The van der Waals surface area contributed by atoms with Crippen molar-refractivity contribution in [2.45, 2.75) is 0 Å². The summed E-state index contributed by atoms with van der Waals surface area (Å²) in [6.45, 7) is 3.42. The fraction of sp³-hybridized carbons (Fsp3) is 0.167. The molecule has 3 N–H and O–H groups in total. The standard InChI is InChI=1S/C12H12BrF2N3O2/c1-2-3-16-11(19)6-17-12(20)18-10-4-7(13)8(14)5-9(10)15/h2,4-5H,1,3,6H2,(H,16,19)(H2,17,18,20). The lowest BCUT2D eigenvalue weighted by Crippen LogP contribution is -2.39. The van der Waals surface area contributed by atoms with E-state index in [1.807, 2.05) is 0 Å². The van der Waals surface area contributed by atoms with Crippen LogP contribution in [-0.4, -0.2) is 25.0 Å². The SMILES string of the molecule is C=CCNC(=O)CNC(=O)Nc1cc(Br)c(F)cc1F. The van der Waals surface area contributed by atoms with Gasteiger partial charge in [-0.2, -0.15) is 0 Å². The van der Waals surface area contributed by atoms with Gasteiger partial charge in [0.1, 0.15) is 11.6 Å². The molecule has 0 aliphatic rings. The van der Waals surface area contributed by atoms with Gasteiger partial charge in [-0.1, -0.05) is 6.08 Å². The second-order valence-electron chi connectivity index (χ2n) is 3.65. The van der Waals surface area contributed by atoms with Crippen LogP contribution in [0.5, 0.6) is 0 Å². The number of carbonyl (C=O) groups is 2. The highest BCUT2D eigenvalue weighted by atomic mass is 79.9. The van der Waals surface area contributed by atoms with Gasteiger partial charge in [0, 0.05) is 12.6 Å². The zero-order chi connectivity index (χ0) is 15.1. The first-order valence-electron chi connectivity index (χ1n) is 5.51. The minimum absolute atomic E-state index is 0.0120. The van der Waals surface area contributed by atoms with Crippen LogP contribution < -0.4 is 16.0 Å². The van der Waals surface area contributed by atoms with Crippen molar-refractivity contribution < 1.29 is 18.4 Å². The number of hydrogen-bond acceptors (Lipinski definition) is 2. The first kappa shape index (κ1) is 16.1. The minimum atomic E-state index is -0.919. The number of carbonyl (C=O) groups excluding carboxylic acids is 2. The summed E-state index contributed by atoms with van der Waals surface area (Å²) in [5.74, 6) is -2.12. The Labute approximate surface area is 122 Å². The van der Waals surface area contributed by atoms with Crippen LogP contribution in [-0.2, 0) is 4.79 Å². The van der Waals surface area contributed by atoms with Gasteiger partial charge in [-0.15, -0.1) is 6.58 Å². The number of halogens is 3. The summed E-state index contributed by atoms with van der Waals surface area (Å²) in [5, 5.41) is 6.85. The molecule has 5 nitrogen and oxygen atoms in total. The molecule has 3 amide bonds. The molecule has 1 rings (SSSR count). The van der Waals surface area contributed by atoms with Crippen LogP contribution in [0.15, 0.2) is 29.3 Å². The Kier molecular flexibility index (Phi) is 6.10. The van der Waals surface area contributed by atoms with Gasteiger partial charge in [0.05, 0.1) is 16.7 Å². The van der Waals surface area contributed by atoms with Crippen LogP contribution in [0.4, 0.5) is 19.3 Å². The summed E-state index contributed by atoms with van der Waals surface area (Å²) in [6.07, 6.45) is 1.49. The van der Waals surface area contributed by atoms with Gasteiger partial charge in [-0.25, -0.2) is 13.6 Å². The molecule has 1 aromatic carbocycles. The molecule has 1 aromatic rings. The zero-order valence-electron chi connectivity index (χ0n) is 10.3. The second-order valence-corrected chi connectivity index (χ2v) is 4.50. The molecule has 0 atom stereocenters. The summed E-state index contributed by atoms with van der Waals surface area (Å²) < 4.78 is 26.4. The highest BCUT2D eigenvalue weighted by molar-refractivity contribution is 9.10. The fourth-order valence-electron chi connectivity index (χ4n) is 1.19. The van der Waals surface area contributed by atoms with E-state index in [4.69, 9.17) is 0 Å². The van der Waals surface area contributed by atoms with Crippen molar-refractivity contribution >= 4 is 33.6 Å². The maximum absolute atomic E-state index is 13.4. The van der Waals surface area contributed by atoms with E-state index in [0.29, 0.717) is 6.07 Å². The Morgan fingerprint density at radius 1 is 1.25 bits per heavy atom. The van der Waals surface area contributed by atoms with Crippen LogP contribution in [0, 0.1) is 11.6 Å². The van der Waals surface area contributed by atoms with Gasteiger partial charge in [0.2, 0.25) is 5.91 Å². The predicted molar refractivity (Wildman–Crippen MR) is 74.3 cm³/mol. The van der Waals surface area contributed by atoms with Crippen molar-refractivity contribution in [3.05, 3.63) is 40.9 Å². The van der Waals surface area contributed by atoms with Gasteiger partial charge in [0.15, 0.2) is 0 Å². The Morgan fingerprint density at radius 3 is 2.60 bits per heavy atom. The average Bonchev–Trinajstić information content (AvgIpc) is 2.40. The van der Waals surface area contributed by atoms with Crippen molar-refractivity contribution in [1.29, 1.82) is 0 Å². The Hall–Kier alpha value is -1.96. The lowest BCUT2D eigenvalue weighted by molar-refractivity contribution is -0.119. The van der Waals surface area contributed by atoms with Gasteiger partial charge >= 0.3 is 6.03 Å². The Balaban J connectivity index is 2.52. The van der Waals surface area contributed by atoms with Crippen molar-refractivity contribution in [1.82, 2.24) is 10.6 Å². The Morgan fingerprint density at radius 2 is 1.95 bits per heavy atom. The first-order valence-corrected chi connectivity index (χ1v) is 6.30. The maximum atomic E-state index is 13.4. The van der Waals surface area contributed by atoms with E-state index < -0.39 is 23.6 Å². The van der Waals surface area contributed by atoms with Gasteiger partial charge in [-0.05, 0) is 22.0 Å². The number of hydrogen-bond donors (Lipinski definition) is 3. The second kappa shape index (κ2) is 7.59. The average molecular weight is 348 g/mol. The molecule has 0 radical (unpaired) electrons. The van der Waals surface area contributed by atoms with E-state index in [9.17, 15) is 18.4 Å². The van der Waals surface area contributed by atoms with Crippen LogP contribution in [0.1, 0.15) is 0 Å². The third kappa shape index (κ3) is 4.96. The van der Waals surface area contributed by atoms with Crippen molar-refractivity contribution in [2.75, 3.05) is 18.4 Å². The molecule has 0 aromatic heterocycles. The lowest BCUT2D eigenvalue weighted by Gasteiger charge is -2.09. The molecule has 0 fully saturated rings. The smallest absolute Gasteiger partial charge is 0.319 e. The van der Waals surface area contributed by atoms with Gasteiger partial charge in [0.25, 0.3) is 0 Å². The topological polar surface area (TPSA) is 70.2 Å². The number of benzene rings is 1. The van der Waals surface area contributed by atoms with Gasteiger partial charge in [-0.3, -0.25) is 4.79 Å². The molecule has 0 heterocycles. The van der Waals surface area contributed by atoms with Crippen LogP contribution in [0.2, 0.25) is 0 Å². The monoisotopic (exact) mass is 347 g/mol. The quantitative estimate of drug-likeness (QED) is 0.564. The lowest BCUT2D eigenvalue weighted by atomic mass is 10.3. The van der Waals surface area contributed by atoms with Crippen LogP contribution in [0.25, 0.3) is 0 Å². The van der Waals surface area contributed by atoms with E-state index in [0.717, 1.165) is 6.07 Å². The molecular formula is C12H12BrF2N3O2. The first-order chi connectivity index (χ1) is 9.43. The normalized spacial score (nSPS) is 9.75. The molecule has 0 aliphatic carbocycles. The van der Waals surface area contributed by atoms with E-state index >= 15 is 0 Å². The summed E-state index contributed by atoms with van der Waals surface area (Å²) in [5.41, 5.74) is -0.206. The molecule has 0 unspecified atom stereocenters. The van der Waals surface area contributed by atoms with E-state index in [2.05, 4.69) is 38.5 Å². The maximum Gasteiger partial charge on any atom is 0.319 e. The molecular weight excluding hydrogens is 336 g/mol. The van der Waals surface area contributed by atoms with E-state index in [1.165, 1.54) is 6.08 Å². The van der Waals surface area contributed by atoms with Crippen LogP contribution in [0.3, 0.4) is 0 Å². The van der Waals surface area contributed by atoms with Crippen molar-refractivity contribution in [3.63, 3.8) is 0 Å². The third-order valence-corrected chi connectivity index (χ3v) is 2.72. The molecule has 0 aliphatic heterocycles. The van der Waals surface area contributed by atoms with E-state index in [1.54, 1.807) is 0 Å². The molecule has 108 valence electrons. The van der Waals surface area contributed by atoms with Crippen molar-refractivity contribution in [3.8, 4) is 0 Å². The highest BCUT2D eigenvalue weighted by Crippen LogP contribution is 2.23. The summed E-state index contributed by atoms with van der Waals surface area (Å²) in [4.78, 5) is 22.6. The third-order valence-electron chi connectivity index (χ3n) is 2.11. The van der Waals surface area contributed by atoms with Crippen LogP contribution >= 0.6 is 15.9 Å². The number of anilines is 1. The summed E-state index contributed by atoms with van der Waals surface area (Å²) >= 11 is 2.87. The number of nitrogens with one attached hydrogen (secondary N) is 3. The molecule has 20 heavy (non-hydrogen) atoms. The van der Waals surface area contributed by atoms with Gasteiger partial charge < -0.3 is 16.0 Å². The molecule has 0 saturated heterocycles. The molecule has 0 bridgehead atoms. The molecule has 0 saturated carbocycles.